The van der Waals surface area contributed by atoms with Crippen LogP contribution in [0.4, 0.5) is 0 Å². The second-order valence-corrected chi connectivity index (χ2v) is 9.13. The fourth-order valence-corrected chi connectivity index (χ4v) is 4.30. The minimum atomic E-state index is 0.325. The SMILES string of the molecule is CCNC(=NCCCCOC1CCCCCC1)NC1CCN(CCOC(C)C)CC1. The minimum absolute atomic E-state index is 0.325. The van der Waals surface area contributed by atoms with Crippen molar-refractivity contribution < 1.29 is 9.47 Å². The highest BCUT2D eigenvalue weighted by Gasteiger charge is 2.19. The molecule has 0 radical (unpaired) electrons. The van der Waals surface area contributed by atoms with Gasteiger partial charge in [-0.3, -0.25) is 4.99 Å². The number of hydrogen-bond acceptors (Lipinski definition) is 4. The maximum absolute atomic E-state index is 6.10. The molecule has 0 atom stereocenters. The molecule has 0 aromatic carbocycles. The Kier molecular flexibility index (Phi) is 13.4. The lowest BCUT2D eigenvalue weighted by Gasteiger charge is -2.33. The van der Waals surface area contributed by atoms with E-state index in [2.05, 4.69) is 36.3 Å². The van der Waals surface area contributed by atoms with Gasteiger partial charge in [-0.1, -0.05) is 25.7 Å². The van der Waals surface area contributed by atoms with Crippen molar-refractivity contribution in [2.75, 3.05) is 45.9 Å². The number of likely N-dealkylation sites (tertiary alicyclic amines) is 1. The van der Waals surface area contributed by atoms with Crippen LogP contribution in [-0.4, -0.2) is 75.0 Å². The van der Waals surface area contributed by atoms with Gasteiger partial charge in [-0.15, -0.1) is 0 Å². The first-order valence-electron chi connectivity index (χ1n) is 12.7. The summed E-state index contributed by atoms with van der Waals surface area (Å²) in [6.45, 7) is 13.2. The number of ether oxygens (including phenoxy) is 2. The van der Waals surface area contributed by atoms with Crippen LogP contribution in [-0.2, 0) is 9.47 Å². The third-order valence-corrected chi connectivity index (χ3v) is 6.11. The molecular weight excluding hydrogens is 376 g/mol. The van der Waals surface area contributed by atoms with Gasteiger partial charge >= 0.3 is 0 Å². The molecule has 1 saturated heterocycles. The molecule has 0 bridgehead atoms. The summed E-state index contributed by atoms with van der Waals surface area (Å²) in [6.07, 6.45) is 13.4. The van der Waals surface area contributed by atoms with E-state index in [9.17, 15) is 0 Å². The first-order valence-corrected chi connectivity index (χ1v) is 12.7. The third kappa shape index (κ3) is 11.5. The van der Waals surface area contributed by atoms with Crippen molar-refractivity contribution in [3.05, 3.63) is 0 Å². The topological polar surface area (TPSA) is 58.1 Å². The van der Waals surface area contributed by atoms with Crippen LogP contribution in [0.1, 0.15) is 85.0 Å². The number of rotatable bonds is 12. The van der Waals surface area contributed by atoms with Gasteiger partial charge in [0.15, 0.2) is 5.96 Å². The van der Waals surface area contributed by atoms with E-state index in [4.69, 9.17) is 14.5 Å². The van der Waals surface area contributed by atoms with Crippen molar-refractivity contribution >= 4 is 5.96 Å². The van der Waals surface area contributed by atoms with Gasteiger partial charge in [-0.25, -0.2) is 0 Å². The van der Waals surface area contributed by atoms with Gasteiger partial charge in [-0.2, -0.15) is 0 Å². The van der Waals surface area contributed by atoms with Crippen LogP contribution in [0.15, 0.2) is 4.99 Å². The first kappa shape index (κ1) is 25.4. The van der Waals surface area contributed by atoms with Gasteiger partial charge in [0.2, 0.25) is 0 Å². The molecule has 0 aromatic heterocycles. The van der Waals surface area contributed by atoms with E-state index in [1.165, 1.54) is 51.4 Å². The van der Waals surface area contributed by atoms with Crippen LogP contribution in [0.3, 0.4) is 0 Å². The number of nitrogens with zero attached hydrogens (tertiary/aromatic N) is 2. The molecule has 176 valence electrons. The van der Waals surface area contributed by atoms with Gasteiger partial charge in [0.1, 0.15) is 0 Å². The Morgan fingerprint density at radius 1 is 1.00 bits per heavy atom. The quantitative estimate of drug-likeness (QED) is 0.215. The van der Waals surface area contributed by atoms with Crippen molar-refractivity contribution in [3.8, 4) is 0 Å². The zero-order valence-electron chi connectivity index (χ0n) is 20.0. The summed E-state index contributed by atoms with van der Waals surface area (Å²) in [5.41, 5.74) is 0. The zero-order valence-corrected chi connectivity index (χ0v) is 20.0. The molecule has 30 heavy (non-hydrogen) atoms. The number of nitrogens with one attached hydrogen (secondary N) is 2. The number of aliphatic imine (C=N–C) groups is 1. The standard InChI is InChI=1S/C24H48N4O2/c1-4-25-24(26-15-9-10-19-30-23-11-7-5-6-8-12-23)27-22-13-16-28(17-14-22)18-20-29-21(2)3/h21-23H,4-20H2,1-3H3,(H2,25,26,27). The highest BCUT2D eigenvalue weighted by Crippen LogP contribution is 2.20. The zero-order chi connectivity index (χ0) is 21.4. The largest absolute Gasteiger partial charge is 0.378 e. The third-order valence-electron chi connectivity index (χ3n) is 6.11. The molecule has 2 fully saturated rings. The van der Waals surface area contributed by atoms with Crippen molar-refractivity contribution in [2.24, 2.45) is 4.99 Å². The maximum Gasteiger partial charge on any atom is 0.191 e. The van der Waals surface area contributed by atoms with Crippen LogP contribution in [0, 0.1) is 0 Å². The Hall–Kier alpha value is -0.850. The van der Waals surface area contributed by atoms with Crippen molar-refractivity contribution in [2.45, 2.75) is 103 Å². The lowest BCUT2D eigenvalue weighted by molar-refractivity contribution is 0.0413. The monoisotopic (exact) mass is 424 g/mol. The molecule has 0 amide bonds. The highest BCUT2D eigenvalue weighted by atomic mass is 16.5. The van der Waals surface area contributed by atoms with Gasteiger partial charge in [-0.05, 0) is 59.3 Å². The smallest absolute Gasteiger partial charge is 0.191 e. The second-order valence-electron chi connectivity index (χ2n) is 9.13. The van der Waals surface area contributed by atoms with Crippen LogP contribution in [0.5, 0.6) is 0 Å². The molecule has 1 saturated carbocycles. The molecular formula is C24H48N4O2. The molecule has 2 rings (SSSR count). The molecule has 1 aliphatic heterocycles. The molecule has 1 aliphatic carbocycles. The Morgan fingerprint density at radius 2 is 1.73 bits per heavy atom. The van der Waals surface area contributed by atoms with E-state index in [1.54, 1.807) is 0 Å². The Bertz CT molecular complexity index is 442. The molecule has 6 heteroatoms. The average molecular weight is 425 g/mol. The van der Waals surface area contributed by atoms with Crippen LogP contribution in [0.25, 0.3) is 0 Å². The summed E-state index contributed by atoms with van der Waals surface area (Å²) < 4.78 is 11.8. The second kappa shape index (κ2) is 15.9. The van der Waals surface area contributed by atoms with E-state index in [0.717, 1.165) is 64.7 Å². The van der Waals surface area contributed by atoms with E-state index < -0.39 is 0 Å². The summed E-state index contributed by atoms with van der Waals surface area (Å²) >= 11 is 0. The summed E-state index contributed by atoms with van der Waals surface area (Å²) in [5, 5.41) is 7.06. The van der Waals surface area contributed by atoms with Crippen molar-refractivity contribution in [1.82, 2.24) is 15.5 Å². The number of hydrogen-bond donors (Lipinski definition) is 2. The Balaban J connectivity index is 1.57. The predicted octanol–water partition coefficient (Wildman–Crippen LogP) is 3.95. The molecule has 6 nitrogen and oxygen atoms in total. The van der Waals surface area contributed by atoms with Gasteiger partial charge in [0.05, 0.1) is 18.8 Å². The lowest BCUT2D eigenvalue weighted by atomic mass is 10.1. The number of guanidine groups is 1. The van der Waals surface area contributed by atoms with Crippen LogP contribution < -0.4 is 10.6 Å². The normalized spacial score (nSPS) is 20.5. The van der Waals surface area contributed by atoms with Gasteiger partial charge in [0.25, 0.3) is 0 Å². The Labute approximate surface area is 185 Å². The van der Waals surface area contributed by atoms with E-state index >= 15 is 0 Å². The maximum atomic E-state index is 6.10. The van der Waals surface area contributed by atoms with Crippen molar-refractivity contribution in [3.63, 3.8) is 0 Å². The van der Waals surface area contributed by atoms with Crippen LogP contribution >= 0.6 is 0 Å². The number of piperidine rings is 1. The Morgan fingerprint density at radius 3 is 2.40 bits per heavy atom. The first-order chi connectivity index (χ1) is 14.7. The molecule has 2 N–H and O–H groups in total. The predicted molar refractivity (Wildman–Crippen MR) is 126 cm³/mol. The summed E-state index contributed by atoms with van der Waals surface area (Å²) in [4.78, 5) is 7.31. The van der Waals surface area contributed by atoms with Gasteiger partial charge < -0.3 is 25.0 Å². The van der Waals surface area contributed by atoms with Crippen LogP contribution in [0.2, 0.25) is 0 Å². The lowest BCUT2D eigenvalue weighted by Crippen LogP contribution is -2.49. The molecule has 2 aliphatic rings. The average Bonchev–Trinajstić information content (AvgIpc) is 3.00. The van der Waals surface area contributed by atoms with Crippen molar-refractivity contribution in [1.29, 1.82) is 0 Å². The summed E-state index contributed by atoms with van der Waals surface area (Å²) in [5.74, 6) is 0.976. The molecule has 0 unspecified atom stereocenters. The van der Waals surface area contributed by atoms with E-state index in [-0.39, 0.29) is 0 Å². The van der Waals surface area contributed by atoms with E-state index in [0.29, 0.717) is 18.2 Å². The fourth-order valence-electron chi connectivity index (χ4n) is 4.30. The minimum Gasteiger partial charge on any atom is -0.378 e. The summed E-state index contributed by atoms with van der Waals surface area (Å²) in [6, 6.07) is 0.517. The van der Waals surface area contributed by atoms with E-state index in [1.807, 2.05) is 0 Å². The summed E-state index contributed by atoms with van der Waals surface area (Å²) in [7, 11) is 0. The molecule has 0 aromatic rings. The van der Waals surface area contributed by atoms with Gasteiger partial charge in [0, 0.05) is 45.4 Å². The fraction of sp³-hybridized carbons (Fsp3) is 0.958. The highest BCUT2D eigenvalue weighted by molar-refractivity contribution is 5.80. The molecule has 0 spiro atoms. The number of unbranched alkanes of at least 4 members (excludes halogenated alkanes) is 1. The molecule has 1 heterocycles.